The van der Waals surface area contributed by atoms with Gasteiger partial charge in [0, 0.05) is 33.2 Å². The molecule has 0 aliphatic carbocycles. The van der Waals surface area contributed by atoms with Crippen LogP contribution in [0.2, 0.25) is 0 Å². The fourth-order valence-electron chi connectivity index (χ4n) is 4.04. The van der Waals surface area contributed by atoms with Crippen LogP contribution in [-0.4, -0.2) is 55.0 Å². The van der Waals surface area contributed by atoms with Gasteiger partial charge in [-0.1, -0.05) is 18.2 Å². The van der Waals surface area contributed by atoms with Crippen molar-refractivity contribution in [3.8, 4) is 17.2 Å². The molecule has 1 aliphatic heterocycles. The molecule has 35 heavy (non-hydrogen) atoms. The van der Waals surface area contributed by atoms with Gasteiger partial charge in [0.15, 0.2) is 5.58 Å². The van der Waals surface area contributed by atoms with Crippen LogP contribution in [0.15, 0.2) is 45.6 Å². The monoisotopic (exact) mass is 482 g/mol. The maximum absolute atomic E-state index is 14.9. The molecule has 2 heterocycles. The van der Waals surface area contributed by atoms with Crippen molar-refractivity contribution in [1.82, 2.24) is 15.2 Å². The van der Waals surface area contributed by atoms with Gasteiger partial charge in [-0.25, -0.2) is 9.18 Å². The Morgan fingerprint density at radius 3 is 2.83 bits per heavy atom. The predicted molar refractivity (Wildman–Crippen MR) is 126 cm³/mol. The first-order valence-corrected chi connectivity index (χ1v) is 11.4. The van der Waals surface area contributed by atoms with E-state index in [0.29, 0.717) is 47.5 Å². The number of hydrogen-bond donors (Lipinski definition) is 2. The Labute approximate surface area is 201 Å². The fraction of sp³-hybridized carbons (Fsp3) is 0.400. The highest BCUT2D eigenvalue weighted by atomic mass is 19.1. The van der Waals surface area contributed by atoms with E-state index in [1.807, 2.05) is 13.0 Å². The highest BCUT2D eigenvalue weighted by Gasteiger charge is 2.27. The van der Waals surface area contributed by atoms with Gasteiger partial charge in [0.2, 0.25) is 0 Å². The SMILES string of the molecule is CCO[C@@H]1CNC[C@@H](C(=O)N[C@H](C#N)Cc2ccc(-c3ccc4oc(=O)n(C)c4c3)cc2F)OC1. The summed E-state index contributed by atoms with van der Waals surface area (Å²) in [5, 5.41) is 15.3. The molecule has 3 aromatic rings. The highest BCUT2D eigenvalue weighted by molar-refractivity contribution is 5.82. The Morgan fingerprint density at radius 1 is 1.31 bits per heavy atom. The third kappa shape index (κ3) is 5.59. The quantitative estimate of drug-likeness (QED) is 0.528. The Bertz CT molecular complexity index is 1310. The number of aromatic nitrogens is 1. The van der Waals surface area contributed by atoms with Crippen molar-refractivity contribution >= 4 is 17.0 Å². The minimum atomic E-state index is -0.922. The average Bonchev–Trinajstić information content (AvgIpc) is 3.00. The maximum atomic E-state index is 14.9. The molecule has 2 N–H and O–H groups in total. The third-order valence-electron chi connectivity index (χ3n) is 5.95. The number of carbonyl (C=O) groups is 1. The summed E-state index contributed by atoms with van der Waals surface area (Å²) in [7, 11) is 1.60. The molecule has 9 nitrogen and oxygen atoms in total. The molecule has 1 amide bonds. The number of hydrogen-bond acceptors (Lipinski definition) is 7. The molecule has 0 saturated carbocycles. The minimum absolute atomic E-state index is 0.00530. The topological polar surface area (TPSA) is 119 Å². The molecule has 0 bridgehead atoms. The standard InChI is InChI=1S/C25H27FN4O5/c1-3-33-19-12-28-13-23(34-14-19)24(31)29-18(11-27)8-17-5-4-15(9-20(17)26)16-6-7-22-21(10-16)30(2)25(32)35-22/h4-7,9-10,18-19,23,28H,3,8,12-14H2,1-2H3,(H,29,31)/t18-,19+,23-/m0/s1. The number of carbonyl (C=O) groups excluding carboxylic acids is 1. The van der Waals surface area contributed by atoms with E-state index in [1.165, 1.54) is 10.6 Å². The summed E-state index contributed by atoms with van der Waals surface area (Å²) in [6.45, 7) is 3.57. The molecule has 0 radical (unpaired) electrons. The third-order valence-corrected chi connectivity index (χ3v) is 5.95. The van der Waals surface area contributed by atoms with Gasteiger partial charge in [-0.2, -0.15) is 5.26 Å². The van der Waals surface area contributed by atoms with Gasteiger partial charge in [-0.15, -0.1) is 0 Å². The molecule has 184 valence electrons. The van der Waals surface area contributed by atoms with E-state index < -0.39 is 29.6 Å². The number of rotatable bonds is 7. The van der Waals surface area contributed by atoms with Crippen molar-refractivity contribution in [3.05, 3.63) is 58.3 Å². The van der Waals surface area contributed by atoms with Crippen molar-refractivity contribution in [2.75, 3.05) is 26.3 Å². The average molecular weight is 483 g/mol. The fourth-order valence-corrected chi connectivity index (χ4v) is 4.04. The number of benzene rings is 2. The number of aryl methyl sites for hydroxylation is 1. The van der Waals surface area contributed by atoms with Crippen molar-refractivity contribution < 1.29 is 23.1 Å². The first kappa shape index (κ1) is 24.6. The lowest BCUT2D eigenvalue weighted by atomic mass is 10.00. The first-order chi connectivity index (χ1) is 16.9. The number of fused-ring (bicyclic) bond motifs is 1. The van der Waals surface area contributed by atoms with E-state index in [-0.39, 0.29) is 19.1 Å². The van der Waals surface area contributed by atoms with E-state index in [2.05, 4.69) is 10.6 Å². The van der Waals surface area contributed by atoms with Crippen LogP contribution in [0.4, 0.5) is 4.39 Å². The van der Waals surface area contributed by atoms with Gasteiger partial charge in [0.1, 0.15) is 18.0 Å². The van der Waals surface area contributed by atoms with Crippen molar-refractivity contribution in [1.29, 1.82) is 5.26 Å². The normalized spacial score (nSPS) is 19.1. The zero-order chi connectivity index (χ0) is 24.9. The van der Waals surface area contributed by atoms with Crippen LogP contribution in [0, 0.1) is 17.1 Å². The van der Waals surface area contributed by atoms with E-state index in [0.717, 1.165) is 0 Å². The van der Waals surface area contributed by atoms with Gasteiger partial charge in [-0.05, 0) is 41.8 Å². The molecule has 4 rings (SSSR count). The molecule has 1 aliphatic rings. The smallest absolute Gasteiger partial charge is 0.408 e. The van der Waals surface area contributed by atoms with Crippen LogP contribution in [0.1, 0.15) is 12.5 Å². The van der Waals surface area contributed by atoms with Crippen LogP contribution in [0.5, 0.6) is 0 Å². The summed E-state index contributed by atoms with van der Waals surface area (Å²) < 4.78 is 32.6. The van der Waals surface area contributed by atoms with Crippen LogP contribution in [0.25, 0.3) is 22.2 Å². The van der Waals surface area contributed by atoms with E-state index >= 15 is 0 Å². The molecule has 1 aromatic heterocycles. The summed E-state index contributed by atoms with van der Waals surface area (Å²) in [5.74, 6) is -1.40. The second-order valence-electron chi connectivity index (χ2n) is 8.37. The van der Waals surface area contributed by atoms with Crippen LogP contribution < -0.4 is 16.4 Å². The summed E-state index contributed by atoms with van der Waals surface area (Å²) >= 11 is 0. The number of nitrogens with one attached hydrogen (secondary N) is 2. The lowest BCUT2D eigenvalue weighted by molar-refractivity contribution is -0.134. The Hall–Kier alpha value is -3.52. The largest absolute Gasteiger partial charge is 0.419 e. The van der Waals surface area contributed by atoms with E-state index in [1.54, 1.807) is 37.4 Å². The van der Waals surface area contributed by atoms with E-state index in [4.69, 9.17) is 13.9 Å². The highest BCUT2D eigenvalue weighted by Crippen LogP contribution is 2.26. The lowest BCUT2D eigenvalue weighted by Crippen LogP contribution is -2.46. The molecule has 1 saturated heterocycles. The Balaban J connectivity index is 1.43. The molecule has 0 unspecified atom stereocenters. The second-order valence-corrected chi connectivity index (χ2v) is 8.37. The molecule has 10 heteroatoms. The minimum Gasteiger partial charge on any atom is -0.408 e. The van der Waals surface area contributed by atoms with Crippen LogP contribution in [-0.2, 0) is 27.7 Å². The molecule has 3 atom stereocenters. The van der Waals surface area contributed by atoms with Gasteiger partial charge >= 0.3 is 5.76 Å². The number of halogens is 1. The number of nitrogens with zero attached hydrogens (tertiary/aromatic N) is 2. The molecule has 2 aromatic carbocycles. The van der Waals surface area contributed by atoms with Crippen LogP contribution >= 0.6 is 0 Å². The summed E-state index contributed by atoms with van der Waals surface area (Å²) in [5.41, 5.74) is 2.68. The Kier molecular flexibility index (Phi) is 7.60. The molecule has 1 fully saturated rings. The van der Waals surface area contributed by atoms with Crippen molar-refractivity contribution in [3.63, 3.8) is 0 Å². The van der Waals surface area contributed by atoms with Gasteiger partial charge in [-0.3, -0.25) is 9.36 Å². The predicted octanol–water partition coefficient (Wildman–Crippen LogP) is 1.88. The maximum Gasteiger partial charge on any atom is 0.419 e. The molecular formula is C25H27FN4O5. The van der Waals surface area contributed by atoms with Gasteiger partial charge in [0.25, 0.3) is 5.91 Å². The van der Waals surface area contributed by atoms with Gasteiger partial charge < -0.3 is 24.5 Å². The lowest BCUT2D eigenvalue weighted by Gasteiger charge is -2.18. The Morgan fingerprint density at radius 2 is 2.09 bits per heavy atom. The van der Waals surface area contributed by atoms with Crippen molar-refractivity contribution in [2.45, 2.75) is 31.6 Å². The summed E-state index contributed by atoms with van der Waals surface area (Å²) in [6.07, 6.45) is -0.903. The van der Waals surface area contributed by atoms with Crippen LogP contribution in [0.3, 0.4) is 0 Å². The summed E-state index contributed by atoms with van der Waals surface area (Å²) in [4.78, 5) is 24.4. The second kappa shape index (κ2) is 10.8. The number of nitriles is 1. The zero-order valence-corrected chi connectivity index (χ0v) is 19.5. The number of oxazole rings is 1. The molecular weight excluding hydrogens is 455 g/mol. The summed E-state index contributed by atoms with van der Waals surface area (Å²) in [6, 6.07) is 11.0. The molecule has 0 spiro atoms. The number of amides is 1. The van der Waals surface area contributed by atoms with Crippen molar-refractivity contribution in [2.24, 2.45) is 7.05 Å². The van der Waals surface area contributed by atoms with Gasteiger partial charge in [0.05, 0.1) is 24.3 Å². The van der Waals surface area contributed by atoms with E-state index in [9.17, 15) is 19.2 Å². The zero-order valence-electron chi connectivity index (χ0n) is 19.5. The number of ether oxygens (including phenoxy) is 2. The first-order valence-electron chi connectivity index (χ1n) is 11.4.